The molecule has 0 aliphatic heterocycles. The fraction of sp³-hybridized carbons (Fsp3) is 0.250. The number of ether oxygens (including phenoxy) is 2. The van der Waals surface area contributed by atoms with E-state index >= 15 is 0 Å². The monoisotopic (exact) mass is 257 g/mol. The fourth-order valence-electron chi connectivity index (χ4n) is 1.80. The predicted octanol–water partition coefficient (Wildman–Crippen LogP) is 3.47. The Morgan fingerprint density at radius 2 is 1.63 bits per heavy atom. The van der Waals surface area contributed by atoms with Gasteiger partial charge in [0.2, 0.25) is 0 Å². The highest BCUT2D eigenvalue weighted by Gasteiger charge is 2.04. The first kappa shape index (κ1) is 13.4. The molecule has 2 aromatic rings. The van der Waals surface area contributed by atoms with Crippen molar-refractivity contribution in [3.63, 3.8) is 0 Å². The summed E-state index contributed by atoms with van der Waals surface area (Å²) in [5, 5.41) is 3.09. The van der Waals surface area contributed by atoms with Crippen molar-refractivity contribution in [3.05, 3.63) is 54.6 Å². The van der Waals surface area contributed by atoms with E-state index in [-0.39, 0.29) is 6.10 Å². The van der Waals surface area contributed by atoms with Crippen LogP contribution in [-0.2, 0) is 0 Å². The fourth-order valence-corrected chi connectivity index (χ4v) is 1.80. The zero-order valence-corrected chi connectivity index (χ0v) is 11.3. The van der Waals surface area contributed by atoms with Gasteiger partial charge in [-0.05, 0) is 38.2 Å². The van der Waals surface area contributed by atoms with Crippen molar-refractivity contribution < 1.29 is 9.47 Å². The van der Waals surface area contributed by atoms with Crippen LogP contribution in [0.15, 0.2) is 54.6 Å². The molecule has 1 atom stereocenters. The van der Waals surface area contributed by atoms with E-state index in [1.165, 1.54) is 0 Å². The van der Waals surface area contributed by atoms with Gasteiger partial charge in [-0.3, -0.25) is 0 Å². The Labute approximate surface area is 114 Å². The third-order valence-electron chi connectivity index (χ3n) is 2.61. The summed E-state index contributed by atoms with van der Waals surface area (Å²) in [4.78, 5) is 0. The maximum absolute atomic E-state index is 5.79. The highest BCUT2D eigenvalue weighted by atomic mass is 16.5. The van der Waals surface area contributed by atoms with Crippen molar-refractivity contribution in [2.45, 2.75) is 13.0 Å². The summed E-state index contributed by atoms with van der Waals surface area (Å²) in [6, 6.07) is 17.4. The van der Waals surface area contributed by atoms with Gasteiger partial charge in [0.1, 0.15) is 23.4 Å². The van der Waals surface area contributed by atoms with Gasteiger partial charge in [-0.25, -0.2) is 0 Å². The lowest BCUT2D eigenvalue weighted by Crippen LogP contribution is -2.25. The molecule has 1 unspecified atom stereocenters. The summed E-state index contributed by atoms with van der Waals surface area (Å²) in [6.45, 7) is 2.84. The van der Waals surface area contributed by atoms with E-state index in [4.69, 9.17) is 9.47 Å². The molecule has 0 aliphatic carbocycles. The van der Waals surface area contributed by atoms with Crippen LogP contribution in [0, 0.1) is 0 Å². The maximum atomic E-state index is 5.79. The van der Waals surface area contributed by atoms with Crippen molar-refractivity contribution in [1.82, 2.24) is 5.32 Å². The lowest BCUT2D eigenvalue weighted by Gasteiger charge is -2.15. The molecule has 0 heterocycles. The van der Waals surface area contributed by atoms with Crippen LogP contribution in [0.1, 0.15) is 6.92 Å². The number of hydrogen-bond donors (Lipinski definition) is 1. The number of para-hydroxylation sites is 1. The number of nitrogens with one attached hydrogen (secondary N) is 1. The summed E-state index contributed by atoms with van der Waals surface area (Å²) < 4.78 is 11.6. The van der Waals surface area contributed by atoms with Crippen LogP contribution in [0.25, 0.3) is 0 Å². The molecule has 19 heavy (non-hydrogen) atoms. The second-order valence-corrected chi connectivity index (χ2v) is 4.38. The summed E-state index contributed by atoms with van der Waals surface area (Å²) >= 11 is 0. The molecule has 0 bridgehead atoms. The molecule has 0 aliphatic rings. The van der Waals surface area contributed by atoms with Crippen molar-refractivity contribution in [3.8, 4) is 17.2 Å². The highest BCUT2D eigenvalue weighted by Crippen LogP contribution is 2.25. The third kappa shape index (κ3) is 4.30. The van der Waals surface area contributed by atoms with E-state index < -0.39 is 0 Å². The van der Waals surface area contributed by atoms with Crippen molar-refractivity contribution in [2.24, 2.45) is 0 Å². The van der Waals surface area contributed by atoms with Crippen LogP contribution in [0.4, 0.5) is 0 Å². The molecule has 0 fully saturated rings. The third-order valence-corrected chi connectivity index (χ3v) is 2.61. The van der Waals surface area contributed by atoms with Gasteiger partial charge in [0.25, 0.3) is 0 Å². The minimum atomic E-state index is 0.122. The standard InChI is InChI=1S/C16H19NO2/c1-13(12-17-2)18-15-9-6-10-16(11-15)19-14-7-4-3-5-8-14/h3-11,13,17H,12H2,1-2H3. The van der Waals surface area contributed by atoms with Crippen LogP contribution < -0.4 is 14.8 Å². The second-order valence-electron chi connectivity index (χ2n) is 4.38. The zero-order valence-electron chi connectivity index (χ0n) is 11.3. The van der Waals surface area contributed by atoms with Crippen LogP contribution in [0.5, 0.6) is 17.2 Å². The Bertz CT molecular complexity index is 499. The van der Waals surface area contributed by atoms with Gasteiger partial charge in [0.15, 0.2) is 0 Å². The van der Waals surface area contributed by atoms with Crippen LogP contribution in [0.2, 0.25) is 0 Å². The summed E-state index contributed by atoms with van der Waals surface area (Å²) in [7, 11) is 1.91. The van der Waals surface area contributed by atoms with Crippen molar-refractivity contribution in [2.75, 3.05) is 13.6 Å². The van der Waals surface area contributed by atoms with Gasteiger partial charge in [0, 0.05) is 12.6 Å². The number of rotatable bonds is 6. The van der Waals surface area contributed by atoms with E-state index in [0.717, 1.165) is 23.8 Å². The molecule has 2 aromatic carbocycles. The Morgan fingerprint density at radius 1 is 0.947 bits per heavy atom. The first-order valence-corrected chi connectivity index (χ1v) is 6.42. The molecule has 2 rings (SSSR count). The zero-order chi connectivity index (χ0) is 13.5. The van der Waals surface area contributed by atoms with Crippen molar-refractivity contribution >= 4 is 0 Å². The largest absolute Gasteiger partial charge is 0.489 e. The Morgan fingerprint density at radius 3 is 2.37 bits per heavy atom. The van der Waals surface area contributed by atoms with Gasteiger partial charge in [-0.1, -0.05) is 24.3 Å². The molecule has 3 heteroatoms. The SMILES string of the molecule is CNCC(C)Oc1cccc(Oc2ccccc2)c1. The van der Waals surface area contributed by atoms with Crippen LogP contribution in [-0.4, -0.2) is 19.7 Å². The molecule has 1 N–H and O–H groups in total. The van der Waals surface area contributed by atoms with Gasteiger partial charge >= 0.3 is 0 Å². The molecule has 0 radical (unpaired) electrons. The van der Waals surface area contributed by atoms with Crippen LogP contribution >= 0.6 is 0 Å². The minimum absolute atomic E-state index is 0.122. The highest BCUT2D eigenvalue weighted by molar-refractivity contribution is 5.36. The molecule has 0 amide bonds. The normalized spacial score (nSPS) is 11.9. The van der Waals surface area contributed by atoms with Crippen molar-refractivity contribution in [1.29, 1.82) is 0 Å². The number of hydrogen-bond acceptors (Lipinski definition) is 3. The smallest absolute Gasteiger partial charge is 0.131 e. The van der Waals surface area contributed by atoms with Crippen LogP contribution in [0.3, 0.4) is 0 Å². The molecule has 0 saturated carbocycles. The molecule has 0 saturated heterocycles. The van der Waals surface area contributed by atoms with E-state index in [2.05, 4.69) is 5.32 Å². The number of benzene rings is 2. The van der Waals surface area contributed by atoms with Gasteiger partial charge in [-0.2, -0.15) is 0 Å². The topological polar surface area (TPSA) is 30.5 Å². The van der Waals surface area contributed by atoms with E-state index in [0.29, 0.717) is 0 Å². The molecular weight excluding hydrogens is 238 g/mol. The average molecular weight is 257 g/mol. The summed E-state index contributed by atoms with van der Waals surface area (Å²) in [5.41, 5.74) is 0. The molecular formula is C16H19NO2. The first-order valence-electron chi connectivity index (χ1n) is 6.42. The number of likely N-dealkylation sites (N-methyl/N-ethyl adjacent to an activating group) is 1. The van der Waals surface area contributed by atoms with Gasteiger partial charge in [0.05, 0.1) is 0 Å². The Hall–Kier alpha value is -2.00. The lowest BCUT2D eigenvalue weighted by atomic mass is 10.3. The summed E-state index contributed by atoms with van der Waals surface area (Å²) in [5.74, 6) is 2.42. The average Bonchev–Trinajstić information content (AvgIpc) is 2.40. The molecule has 100 valence electrons. The van der Waals surface area contributed by atoms with E-state index in [1.54, 1.807) is 0 Å². The van der Waals surface area contributed by atoms with Gasteiger partial charge in [-0.15, -0.1) is 0 Å². The van der Waals surface area contributed by atoms with E-state index in [1.807, 2.05) is 68.6 Å². The Balaban J connectivity index is 2.03. The molecule has 0 spiro atoms. The maximum Gasteiger partial charge on any atom is 0.131 e. The Kier molecular flexibility index (Phi) is 4.81. The summed E-state index contributed by atoms with van der Waals surface area (Å²) in [6.07, 6.45) is 0.122. The van der Waals surface area contributed by atoms with E-state index in [9.17, 15) is 0 Å². The second kappa shape index (κ2) is 6.81. The lowest BCUT2D eigenvalue weighted by molar-refractivity contribution is 0.220. The van der Waals surface area contributed by atoms with Gasteiger partial charge < -0.3 is 14.8 Å². The first-order chi connectivity index (χ1) is 9.28. The quantitative estimate of drug-likeness (QED) is 0.859. The molecule has 0 aromatic heterocycles. The minimum Gasteiger partial charge on any atom is -0.489 e. The predicted molar refractivity (Wildman–Crippen MR) is 77.0 cm³/mol. The molecule has 3 nitrogen and oxygen atoms in total.